The summed E-state index contributed by atoms with van der Waals surface area (Å²) in [6.45, 7) is 0. The highest BCUT2D eigenvalue weighted by atomic mass is 79.9. The second kappa shape index (κ2) is 4.36. The number of hydrogen-bond donors (Lipinski definition) is 1. The molecule has 0 amide bonds. The summed E-state index contributed by atoms with van der Waals surface area (Å²) in [5.74, 6) is 1.44. The van der Waals surface area contributed by atoms with Crippen molar-refractivity contribution in [2.45, 2.75) is 0 Å². The first-order valence-corrected chi connectivity index (χ1v) is 5.33. The fourth-order valence-electron chi connectivity index (χ4n) is 1.22. The van der Waals surface area contributed by atoms with Crippen LogP contribution in [0.4, 0.5) is 5.69 Å². The van der Waals surface area contributed by atoms with Gasteiger partial charge in [-0.25, -0.2) is 0 Å². The monoisotopic (exact) mass is 263 g/mol. The number of anilines is 1. The molecule has 0 aliphatic heterocycles. The van der Waals surface area contributed by atoms with E-state index in [1.165, 1.54) is 0 Å². The molecule has 3 heteroatoms. The van der Waals surface area contributed by atoms with Crippen LogP contribution in [0.15, 0.2) is 53.0 Å². The zero-order valence-electron chi connectivity index (χ0n) is 7.98. The molecule has 0 radical (unpaired) electrons. The predicted octanol–water partition coefficient (Wildman–Crippen LogP) is 3.82. The summed E-state index contributed by atoms with van der Waals surface area (Å²) in [5.41, 5.74) is 6.47. The number of rotatable bonds is 2. The molecule has 0 atom stereocenters. The number of halogens is 1. The van der Waals surface area contributed by atoms with E-state index in [1.54, 1.807) is 0 Å². The molecule has 2 N–H and O–H groups in total. The third kappa shape index (κ3) is 2.30. The van der Waals surface area contributed by atoms with Crippen LogP contribution in [0, 0.1) is 0 Å². The molecule has 2 aromatic carbocycles. The Labute approximate surface area is 96.8 Å². The quantitative estimate of drug-likeness (QED) is 0.837. The Morgan fingerprint density at radius 3 is 2.40 bits per heavy atom. The minimum Gasteiger partial charge on any atom is -0.455 e. The molecule has 76 valence electrons. The van der Waals surface area contributed by atoms with Crippen LogP contribution in [-0.4, -0.2) is 0 Å². The number of hydrogen-bond acceptors (Lipinski definition) is 2. The van der Waals surface area contributed by atoms with Crippen LogP contribution in [0.5, 0.6) is 11.5 Å². The molecule has 2 aromatic rings. The summed E-state index contributed by atoms with van der Waals surface area (Å²) in [4.78, 5) is 0. The maximum Gasteiger partial charge on any atom is 0.151 e. The Bertz CT molecular complexity index is 456. The fourth-order valence-corrected chi connectivity index (χ4v) is 1.57. The predicted molar refractivity (Wildman–Crippen MR) is 65.1 cm³/mol. The SMILES string of the molecule is Nc1c(Br)cccc1Oc1ccccc1. The summed E-state index contributed by atoms with van der Waals surface area (Å²) < 4.78 is 6.48. The second-order valence-corrected chi connectivity index (χ2v) is 3.92. The summed E-state index contributed by atoms with van der Waals surface area (Å²) in [5, 5.41) is 0. The van der Waals surface area contributed by atoms with E-state index < -0.39 is 0 Å². The lowest BCUT2D eigenvalue weighted by Gasteiger charge is -2.08. The molecule has 0 aliphatic rings. The zero-order chi connectivity index (χ0) is 10.7. The van der Waals surface area contributed by atoms with Gasteiger partial charge in [-0.2, -0.15) is 0 Å². The summed E-state index contributed by atoms with van der Waals surface area (Å²) in [7, 11) is 0. The molecule has 2 rings (SSSR count). The number of nitrogen functional groups attached to an aromatic ring is 1. The van der Waals surface area contributed by atoms with Crippen molar-refractivity contribution in [2.24, 2.45) is 0 Å². The van der Waals surface area contributed by atoms with Gasteiger partial charge in [0.2, 0.25) is 0 Å². The highest BCUT2D eigenvalue weighted by Gasteiger charge is 2.04. The van der Waals surface area contributed by atoms with E-state index in [9.17, 15) is 0 Å². The first-order valence-electron chi connectivity index (χ1n) is 4.54. The normalized spacial score (nSPS) is 9.93. The molecule has 15 heavy (non-hydrogen) atoms. The molecular weight excluding hydrogens is 254 g/mol. The average Bonchev–Trinajstić information content (AvgIpc) is 2.26. The standard InChI is InChI=1S/C12H10BrNO/c13-10-7-4-8-11(12(10)14)15-9-5-2-1-3-6-9/h1-8H,14H2. The van der Waals surface area contributed by atoms with Gasteiger partial charge in [0, 0.05) is 4.47 Å². The van der Waals surface area contributed by atoms with Gasteiger partial charge in [0.25, 0.3) is 0 Å². The van der Waals surface area contributed by atoms with Crippen LogP contribution in [0.1, 0.15) is 0 Å². The lowest BCUT2D eigenvalue weighted by atomic mass is 10.3. The molecule has 0 unspecified atom stereocenters. The van der Waals surface area contributed by atoms with E-state index in [1.807, 2.05) is 48.5 Å². The first kappa shape index (κ1) is 10.1. The highest BCUT2D eigenvalue weighted by Crippen LogP contribution is 2.32. The van der Waals surface area contributed by atoms with E-state index in [2.05, 4.69) is 15.9 Å². The van der Waals surface area contributed by atoms with E-state index in [0.717, 1.165) is 10.2 Å². The van der Waals surface area contributed by atoms with Crippen molar-refractivity contribution in [1.29, 1.82) is 0 Å². The lowest BCUT2D eigenvalue weighted by Crippen LogP contribution is -1.92. The highest BCUT2D eigenvalue weighted by molar-refractivity contribution is 9.10. The van der Waals surface area contributed by atoms with E-state index in [-0.39, 0.29) is 0 Å². The molecule has 2 nitrogen and oxygen atoms in total. The Morgan fingerprint density at radius 1 is 0.933 bits per heavy atom. The minimum atomic E-state index is 0.612. The van der Waals surface area contributed by atoms with Gasteiger partial charge in [-0.15, -0.1) is 0 Å². The lowest BCUT2D eigenvalue weighted by molar-refractivity contribution is 0.485. The van der Waals surface area contributed by atoms with Crippen LogP contribution in [0.3, 0.4) is 0 Å². The third-order valence-electron chi connectivity index (χ3n) is 1.98. The van der Waals surface area contributed by atoms with E-state index in [4.69, 9.17) is 10.5 Å². The Hall–Kier alpha value is -1.48. The van der Waals surface area contributed by atoms with Crippen molar-refractivity contribution in [3.05, 3.63) is 53.0 Å². The van der Waals surface area contributed by atoms with Gasteiger partial charge in [-0.1, -0.05) is 24.3 Å². The van der Waals surface area contributed by atoms with Crippen molar-refractivity contribution in [3.63, 3.8) is 0 Å². The second-order valence-electron chi connectivity index (χ2n) is 3.07. The van der Waals surface area contributed by atoms with E-state index >= 15 is 0 Å². The topological polar surface area (TPSA) is 35.2 Å². The maximum absolute atomic E-state index is 5.86. The first-order chi connectivity index (χ1) is 7.27. The maximum atomic E-state index is 5.86. The molecule has 0 bridgehead atoms. The van der Waals surface area contributed by atoms with Gasteiger partial charge in [-0.05, 0) is 40.2 Å². The van der Waals surface area contributed by atoms with Crippen molar-refractivity contribution in [2.75, 3.05) is 5.73 Å². The summed E-state index contributed by atoms with van der Waals surface area (Å²) >= 11 is 3.35. The van der Waals surface area contributed by atoms with E-state index in [0.29, 0.717) is 11.4 Å². The van der Waals surface area contributed by atoms with Crippen LogP contribution in [0.25, 0.3) is 0 Å². The van der Waals surface area contributed by atoms with Crippen molar-refractivity contribution in [1.82, 2.24) is 0 Å². The molecule has 0 saturated carbocycles. The van der Waals surface area contributed by atoms with Crippen molar-refractivity contribution >= 4 is 21.6 Å². The number of nitrogens with two attached hydrogens (primary N) is 1. The summed E-state index contributed by atoms with van der Waals surface area (Å²) in [6.07, 6.45) is 0. The molecule has 0 fully saturated rings. The number of ether oxygens (including phenoxy) is 1. The van der Waals surface area contributed by atoms with Gasteiger partial charge in [0.05, 0.1) is 5.69 Å². The van der Waals surface area contributed by atoms with Crippen LogP contribution in [0.2, 0.25) is 0 Å². The van der Waals surface area contributed by atoms with Gasteiger partial charge in [0.1, 0.15) is 5.75 Å². The third-order valence-corrected chi connectivity index (χ3v) is 2.68. The summed E-state index contributed by atoms with van der Waals surface area (Å²) in [6, 6.07) is 15.2. The Balaban J connectivity index is 2.29. The minimum absolute atomic E-state index is 0.612. The van der Waals surface area contributed by atoms with Gasteiger partial charge in [-0.3, -0.25) is 0 Å². The van der Waals surface area contributed by atoms with Gasteiger partial charge in [0.15, 0.2) is 5.75 Å². The average molecular weight is 264 g/mol. The number of para-hydroxylation sites is 2. The molecule has 0 spiro atoms. The van der Waals surface area contributed by atoms with Crippen LogP contribution >= 0.6 is 15.9 Å². The van der Waals surface area contributed by atoms with Gasteiger partial charge >= 0.3 is 0 Å². The fraction of sp³-hybridized carbons (Fsp3) is 0. The van der Waals surface area contributed by atoms with Crippen LogP contribution in [-0.2, 0) is 0 Å². The van der Waals surface area contributed by atoms with Gasteiger partial charge < -0.3 is 10.5 Å². The van der Waals surface area contributed by atoms with Crippen molar-refractivity contribution in [3.8, 4) is 11.5 Å². The largest absolute Gasteiger partial charge is 0.455 e. The zero-order valence-corrected chi connectivity index (χ0v) is 9.57. The Morgan fingerprint density at radius 2 is 1.67 bits per heavy atom. The smallest absolute Gasteiger partial charge is 0.151 e. The number of benzene rings is 2. The molecule has 0 aromatic heterocycles. The molecule has 0 saturated heterocycles. The Kier molecular flexibility index (Phi) is 2.92. The molecular formula is C12H10BrNO. The van der Waals surface area contributed by atoms with Crippen molar-refractivity contribution < 1.29 is 4.74 Å². The molecule has 0 heterocycles. The molecule has 0 aliphatic carbocycles. The van der Waals surface area contributed by atoms with Crippen LogP contribution < -0.4 is 10.5 Å².